The molecule has 136 valence electrons. The molecule has 0 spiro atoms. The van der Waals surface area contributed by atoms with Crippen molar-refractivity contribution in [1.82, 2.24) is 20.2 Å². The fourth-order valence-corrected chi connectivity index (χ4v) is 3.55. The number of hydrogen-bond donors (Lipinski definition) is 2. The van der Waals surface area contributed by atoms with Gasteiger partial charge in [0.05, 0.1) is 22.8 Å². The number of fused-ring (bicyclic) bond motifs is 1. The second kappa shape index (κ2) is 7.17. The Kier molecular flexibility index (Phi) is 4.74. The molecule has 3 aromatic rings. The zero-order valence-electron chi connectivity index (χ0n) is 14.3. The van der Waals surface area contributed by atoms with Crippen molar-refractivity contribution in [1.29, 1.82) is 0 Å². The van der Waals surface area contributed by atoms with E-state index < -0.39 is 0 Å². The Bertz CT molecular complexity index is 921. The minimum absolute atomic E-state index is 0.0449. The van der Waals surface area contributed by atoms with E-state index in [1.165, 1.54) is 11.3 Å². The summed E-state index contributed by atoms with van der Waals surface area (Å²) in [6.07, 6.45) is 2.19. The van der Waals surface area contributed by atoms with Crippen LogP contribution in [0, 0.1) is 0 Å². The van der Waals surface area contributed by atoms with E-state index >= 15 is 0 Å². The number of halogens is 1. The first-order valence-electron chi connectivity index (χ1n) is 8.42. The van der Waals surface area contributed by atoms with Crippen LogP contribution in [0.4, 0.5) is 4.79 Å². The molecule has 2 aromatic heterocycles. The molecule has 2 N–H and O–H groups in total. The monoisotopic (exact) mass is 390 g/mol. The summed E-state index contributed by atoms with van der Waals surface area (Å²) in [5.74, 6) is 0.609. The molecular formula is C18H19ClN4O2S. The van der Waals surface area contributed by atoms with Crippen molar-refractivity contribution in [3.05, 3.63) is 45.5 Å². The number of amides is 2. The van der Waals surface area contributed by atoms with Gasteiger partial charge in [0.1, 0.15) is 12.4 Å². The Labute approximate surface area is 160 Å². The predicted molar refractivity (Wildman–Crippen MR) is 103 cm³/mol. The molecule has 1 aromatic carbocycles. The molecule has 0 bridgehead atoms. The summed E-state index contributed by atoms with van der Waals surface area (Å²) in [5.41, 5.74) is 4.49. The van der Waals surface area contributed by atoms with Gasteiger partial charge in [0.15, 0.2) is 0 Å². The highest BCUT2D eigenvalue weighted by molar-refractivity contribution is 7.07. The topological polar surface area (TPSA) is 70.2 Å². The highest BCUT2D eigenvalue weighted by atomic mass is 35.5. The second-order valence-electron chi connectivity index (χ2n) is 6.43. The summed E-state index contributed by atoms with van der Waals surface area (Å²) in [5, 5.41) is 6.42. The van der Waals surface area contributed by atoms with Crippen LogP contribution in [0.1, 0.15) is 24.2 Å². The third-order valence-corrected chi connectivity index (χ3v) is 5.36. The first-order chi connectivity index (χ1) is 12.6. The van der Waals surface area contributed by atoms with E-state index in [4.69, 9.17) is 16.3 Å². The van der Waals surface area contributed by atoms with E-state index in [1.54, 1.807) is 10.4 Å². The third-order valence-electron chi connectivity index (χ3n) is 4.43. The molecule has 0 atom stereocenters. The molecule has 0 aliphatic heterocycles. The van der Waals surface area contributed by atoms with E-state index in [2.05, 4.69) is 15.3 Å². The van der Waals surface area contributed by atoms with Gasteiger partial charge in [-0.25, -0.2) is 9.78 Å². The smallest absolute Gasteiger partial charge is 0.317 e. The average Bonchev–Trinajstić information content (AvgIpc) is 3.20. The third kappa shape index (κ3) is 3.78. The average molecular weight is 391 g/mol. The summed E-state index contributed by atoms with van der Waals surface area (Å²) < 4.78 is 5.78. The van der Waals surface area contributed by atoms with Gasteiger partial charge < -0.3 is 19.9 Å². The van der Waals surface area contributed by atoms with Crippen LogP contribution in [-0.2, 0) is 13.2 Å². The minimum atomic E-state index is -0.0449. The molecule has 6 nitrogen and oxygen atoms in total. The summed E-state index contributed by atoms with van der Waals surface area (Å²) in [4.78, 5) is 21.3. The van der Waals surface area contributed by atoms with Gasteiger partial charge in [-0.05, 0) is 25.0 Å². The van der Waals surface area contributed by atoms with Crippen molar-refractivity contribution >= 4 is 39.9 Å². The molecule has 1 saturated carbocycles. The maximum absolute atomic E-state index is 12.1. The molecule has 0 radical (unpaired) electrons. The SMILES string of the molecule is CN(C(=O)NCc1cc2cc(Cl)c(OCc3cscn3)cc2[nH]1)C1CC1. The van der Waals surface area contributed by atoms with Crippen LogP contribution in [0.5, 0.6) is 5.75 Å². The number of hydrogen-bond acceptors (Lipinski definition) is 4. The second-order valence-corrected chi connectivity index (χ2v) is 7.56. The quantitative estimate of drug-likeness (QED) is 0.663. The number of carbonyl (C=O) groups excluding carboxylic acids is 1. The van der Waals surface area contributed by atoms with Crippen molar-refractivity contribution in [3.8, 4) is 5.75 Å². The first-order valence-corrected chi connectivity index (χ1v) is 9.74. The largest absolute Gasteiger partial charge is 0.486 e. The van der Waals surface area contributed by atoms with E-state index in [0.717, 1.165) is 35.1 Å². The molecule has 1 fully saturated rings. The van der Waals surface area contributed by atoms with Crippen LogP contribution in [0.2, 0.25) is 5.02 Å². The number of ether oxygens (including phenoxy) is 1. The normalized spacial score (nSPS) is 13.8. The van der Waals surface area contributed by atoms with Gasteiger partial charge in [-0.1, -0.05) is 11.6 Å². The van der Waals surface area contributed by atoms with E-state index in [0.29, 0.717) is 30.0 Å². The lowest BCUT2D eigenvalue weighted by molar-refractivity contribution is 0.206. The Hall–Kier alpha value is -2.25. The number of benzene rings is 1. The van der Waals surface area contributed by atoms with Crippen LogP contribution in [0.3, 0.4) is 0 Å². The highest BCUT2D eigenvalue weighted by Gasteiger charge is 2.29. The van der Waals surface area contributed by atoms with Crippen molar-refractivity contribution in [2.24, 2.45) is 0 Å². The lowest BCUT2D eigenvalue weighted by Crippen LogP contribution is -2.38. The lowest BCUT2D eigenvalue weighted by Gasteiger charge is -2.16. The van der Waals surface area contributed by atoms with E-state index in [1.807, 2.05) is 30.6 Å². The van der Waals surface area contributed by atoms with Crippen LogP contribution in [0.15, 0.2) is 29.1 Å². The standard InChI is InChI=1S/C18H19ClN4O2S/c1-23(14-2-3-14)18(24)20-7-12-4-11-5-15(19)17(6-16(11)22-12)25-8-13-9-26-10-21-13/h4-6,9-10,14,22H,2-3,7-8H2,1H3,(H,20,24). The Balaban J connectivity index is 1.43. The van der Waals surface area contributed by atoms with E-state index in [9.17, 15) is 4.79 Å². The van der Waals surface area contributed by atoms with Gasteiger partial charge in [-0.2, -0.15) is 0 Å². The Morgan fingerprint density at radius 3 is 3.04 bits per heavy atom. The van der Waals surface area contributed by atoms with Crippen molar-refractivity contribution in [2.45, 2.75) is 32.0 Å². The Morgan fingerprint density at radius 1 is 1.46 bits per heavy atom. The number of H-pyrrole nitrogens is 1. The number of urea groups is 1. The summed E-state index contributed by atoms with van der Waals surface area (Å²) >= 11 is 7.86. The number of aromatic nitrogens is 2. The highest BCUT2D eigenvalue weighted by Crippen LogP contribution is 2.31. The summed E-state index contributed by atoms with van der Waals surface area (Å²) in [6, 6.07) is 6.09. The molecule has 2 amide bonds. The fraction of sp³-hybridized carbons (Fsp3) is 0.333. The molecule has 1 aliphatic rings. The molecule has 0 unspecified atom stereocenters. The molecule has 2 heterocycles. The number of nitrogens with zero attached hydrogens (tertiary/aromatic N) is 2. The van der Waals surface area contributed by atoms with Gasteiger partial charge in [0.2, 0.25) is 0 Å². The predicted octanol–water partition coefficient (Wildman–Crippen LogP) is 4.16. The maximum atomic E-state index is 12.1. The Morgan fingerprint density at radius 2 is 2.31 bits per heavy atom. The summed E-state index contributed by atoms with van der Waals surface area (Å²) in [7, 11) is 1.84. The molecule has 4 rings (SSSR count). The van der Waals surface area contributed by atoms with Gasteiger partial charge in [0, 0.05) is 41.1 Å². The van der Waals surface area contributed by atoms with Crippen molar-refractivity contribution < 1.29 is 9.53 Å². The zero-order chi connectivity index (χ0) is 18.1. The molecule has 1 aliphatic carbocycles. The van der Waals surface area contributed by atoms with Gasteiger partial charge in [0.25, 0.3) is 0 Å². The van der Waals surface area contributed by atoms with Gasteiger partial charge in [-0.15, -0.1) is 11.3 Å². The number of aromatic amines is 1. The fourth-order valence-electron chi connectivity index (χ4n) is 2.78. The van der Waals surface area contributed by atoms with E-state index in [-0.39, 0.29) is 6.03 Å². The number of thiazole rings is 1. The minimum Gasteiger partial charge on any atom is -0.486 e. The van der Waals surface area contributed by atoms with Crippen LogP contribution < -0.4 is 10.1 Å². The number of nitrogens with one attached hydrogen (secondary N) is 2. The van der Waals surface area contributed by atoms with Crippen LogP contribution >= 0.6 is 22.9 Å². The number of rotatable bonds is 6. The number of carbonyl (C=O) groups is 1. The zero-order valence-corrected chi connectivity index (χ0v) is 15.9. The first kappa shape index (κ1) is 17.2. The molecular weight excluding hydrogens is 372 g/mol. The molecule has 0 saturated heterocycles. The van der Waals surface area contributed by atoms with Gasteiger partial charge >= 0.3 is 6.03 Å². The van der Waals surface area contributed by atoms with Gasteiger partial charge in [-0.3, -0.25) is 0 Å². The van der Waals surface area contributed by atoms with Crippen LogP contribution in [0.25, 0.3) is 10.9 Å². The van der Waals surface area contributed by atoms with Crippen LogP contribution in [-0.4, -0.2) is 34.0 Å². The maximum Gasteiger partial charge on any atom is 0.317 e. The molecule has 26 heavy (non-hydrogen) atoms. The van der Waals surface area contributed by atoms with Crippen molar-refractivity contribution in [2.75, 3.05) is 7.05 Å². The molecule has 8 heteroatoms. The summed E-state index contributed by atoms with van der Waals surface area (Å²) in [6.45, 7) is 0.822. The lowest BCUT2D eigenvalue weighted by atomic mass is 10.2. The van der Waals surface area contributed by atoms with Crippen molar-refractivity contribution in [3.63, 3.8) is 0 Å².